The van der Waals surface area contributed by atoms with E-state index < -0.39 is 5.82 Å². The van der Waals surface area contributed by atoms with Gasteiger partial charge in [-0.1, -0.05) is 11.6 Å². The number of carbonyl (C=O) groups is 1. The maximum Gasteiger partial charge on any atom is 0.256 e. The van der Waals surface area contributed by atoms with Gasteiger partial charge in [-0.2, -0.15) is 5.10 Å². The summed E-state index contributed by atoms with van der Waals surface area (Å²) in [5, 5.41) is 7.00. The van der Waals surface area contributed by atoms with Gasteiger partial charge in [-0.25, -0.2) is 13.9 Å². The standard InChI is InChI=1S/C19H19ClFN5O2/c1-11(2)25-10-13-15(4-3-14(21)17(13)20)28-8-6-22-19(27)12-9-23-26-7-5-16(25)24-18(12)26/h3-5,7,9,11H,6,8,10H2,1-2H3,(H,22,27). The number of hydrogen-bond acceptors (Lipinski definition) is 5. The molecule has 0 spiro atoms. The van der Waals surface area contributed by atoms with Crippen LogP contribution in [0.3, 0.4) is 0 Å². The first-order valence-electron chi connectivity index (χ1n) is 8.94. The van der Waals surface area contributed by atoms with Gasteiger partial charge >= 0.3 is 0 Å². The zero-order valence-corrected chi connectivity index (χ0v) is 16.2. The number of carbonyl (C=O) groups excluding carboxylic acids is 1. The van der Waals surface area contributed by atoms with Gasteiger partial charge in [-0.05, 0) is 32.0 Å². The third-order valence-corrected chi connectivity index (χ3v) is 5.05. The lowest BCUT2D eigenvalue weighted by Crippen LogP contribution is -2.31. The highest BCUT2D eigenvalue weighted by Gasteiger charge is 2.22. The first kappa shape index (κ1) is 18.5. The molecule has 4 rings (SSSR count). The Kier molecular flexibility index (Phi) is 4.80. The zero-order valence-electron chi connectivity index (χ0n) is 15.4. The smallest absolute Gasteiger partial charge is 0.256 e. The summed E-state index contributed by atoms with van der Waals surface area (Å²) in [5.41, 5.74) is 1.37. The van der Waals surface area contributed by atoms with Gasteiger partial charge in [-0.15, -0.1) is 0 Å². The van der Waals surface area contributed by atoms with E-state index in [1.54, 1.807) is 22.8 Å². The fourth-order valence-corrected chi connectivity index (χ4v) is 3.37. The third-order valence-electron chi connectivity index (χ3n) is 4.64. The minimum Gasteiger partial charge on any atom is -0.491 e. The third kappa shape index (κ3) is 3.24. The summed E-state index contributed by atoms with van der Waals surface area (Å²) < 4.78 is 21.5. The molecule has 3 aromatic rings. The molecular formula is C19H19ClFN5O2. The number of rotatable bonds is 1. The lowest BCUT2D eigenvalue weighted by atomic mass is 10.1. The SMILES string of the molecule is CC(C)N1Cc2c(ccc(F)c2Cl)OCCNC(=O)c2cnn3ccc1nc23. The Morgan fingerprint density at radius 1 is 1.32 bits per heavy atom. The fraction of sp³-hybridized carbons (Fsp3) is 0.316. The number of aromatic nitrogens is 3. The summed E-state index contributed by atoms with van der Waals surface area (Å²) in [6, 6.07) is 4.67. The van der Waals surface area contributed by atoms with E-state index in [2.05, 4.69) is 15.4 Å². The number of fused-ring (bicyclic) bond motifs is 2. The maximum absolute atomic E-state index is 14.1. The molecule has 1 aliphatic rings. The van der Waals surface area contributed by atoms with E-state index in [9.17, 15) is 9.18 Å². The molecule has 2 bridgehead atoms. The van der Waals surface area contributed by atoms with Crippen LogP contribution in [0.1, 0.15) is 29.8 Å². The highest BCUT2D eigenvalue weighted by Crippen LogP contribution is 2.32. The van der Waals surface area contributed by atoms with Crippen molar-refractivity contribution in [2.24, 2.45) is 0 Å². The Morgan fingerprint density at radius 2 is 2.14 bits per heavy atom. The minimum atomic E-state index is -0.508. The van der Waals surface area contributed by atoms with Crippen LogP contribution in [0.2, 0.25) is 5.02 Å². The number of hydrogen-bond donors (Lipinski definition) is 1. The highest BCUT2D eigenvalue weighted by atomic mass is 35.5. The van der Waals surface area contributed by atoms with Crippen LogP contribution in [-0.2, 0) is 6.54 Å². The van der Waals surface area contributed by atoms with Crippen molar-refractivity contribution < 1.29 is 13.9 Å². The van der Waals surface area contributed by atoms with Crippen LogP contribution in [0.15, 0.2) is 30.6 Å². The number of anilines is 1. The molecule has 0 fully saturated rings. The van der Waals surface area contributed by atoms with Crippen molar-refractivity contribution in [3.63, 3.8) is 0 Å². The first-order valence-corrected chi connectivity index (χ1v) is 9.32. The van der Waals surface area contributed by atoms with Crippen molar-refractivity contribution in [1.82, 2.24) is 19.9 Å². The van der Waals surface area contributed by atoms with Crippen molar-refractivity contribution >= 4 is 29.0 Å². The largest absolute Gasteiger partial charge is 0.491 e. The molecule has 7 nitrogen and oxygen atoms in total. The van der Waals surface area contributed by atoms with Gasteiger partial charge in [0.1, 0.15) is 29.6 Å². The van der Waals surface area contributed by atoms with E-state index in [1.165, 1.54) is 12.3 Å². The second-order valence-electron chi connectivity index (χ2n) is 6.78. The molecule has 0 radical (unpaired) electrons. The molecule has 3 heterocycles. The lowest BCUT2D eigenvalue weighted by Gasteiger charge is -2.29. The number of amides is 1. The van der Waals surface area contributed by atoms with Crippen molar-refractivity contribution in [3.05, 3.63) is 52.6 Å². The maximum atomic E-state index is 14.1. The van der Waals surface area contributed by atoms with Crippen LogP contribution < -0.4 is 15.0 Å². The van der Waals surface area contributed by atoms with Gasteiger partial charge in [-0.3, -0.25) is 4.79 Å². The lowest BCUT2D eigenvalue weighted by molar-refractivity contribution is 0.0948. The Balaban J connectivity index is 1.88. The molecule has 1 N–H and O–H groups in total. The highest BCUT2D eigenvalue weighted by molar-refractivity contribution is 6.31. The summed E-state index contributed by atoms with van der Waals surface area (Å²) in [6.45, 7) is 4.80. The van der Waals surface area contributed by atoms with Gasteiger partial charge < -0.3 is 15.0 Å². The predicted molar refractivity (Wildman–Crippen MR) is 104 cm³/mol. The van der Waals surface area contributed by atoms with E-state index in [0.29, 0.717) is 34.9 Å². The van der Waals surface area contributed by atoms with Gasteiger partial charge in [0.25, 0.3) is 5.91 Å². The van der Waals surface area contributed by atoms with E-state index >= 15 is 0 Å². The molecule has 1 aromatic carbocycles. The van der Waals surface area contributed by atoms with Crippen molar-refractivity contribution in [2.75, 3.05) is 18.1 Å². The Bertz CT molecular complexity index is 1050. The number of ether oxygens (including phenoxy) is 1. The molecule has 9 heteroatoms. The Morgan fingerprint density at radius 3 is 2.93 bits per heavy atom. The summed E-state index contributed by atoms with van der Waals surface area (Å²) in [6.07, 6.45) is 3.23. The van der Waals surface area contributed by atoms with Crippen LogP contribution in [0.5, 0.6) is 5.75 Å². The topological polar surface area (TPSA) is 71.8 Å². The summed E-state index contributed by atoms with van der Waals surface area (Å²) >= 11 is 6.27. The molecule has 0 unspecified atom stereocenters. The average Bonchev–Trinajstić information content (AvgIpc) is 3.09. The molecule has 28 heavy (non-hydrogen) atoms. The molecule has 146 valence electrons. The molecule has 1 aliphatic heterocycles. The number of nitrogens with one attached hydrogen (secondary N) is 1. The van der Waals surface area contributed by atoms with Crippen LogP contribution in [0.4, 0.5) is 10.2 Å². The predicted octanol–water partition coefficient (Wildman–Crippen LogP) is 3.06. The van der Waals surface area contributed by atoms with Gasteiger partial charge in [0.05, 0.1) is 17.8 Å². The van der Waals surface area contributed by atoms with Crippen LogP contribution in [-0.4, -0.2) is 39.7 Å². The molecule has 0 aliphatic carbocycles. The quantitative estimate of drug-likeness (QED) is 0.676. The number of benzene rings is 1. The number of halogens is 2. The zero-order chi connectivity index (χ0) is 19.8. The second kappa shape index (κ2) is 7.27. The molecule has 2 aromatic heterocycles. The first-order chi connectivity index (χ1) is 13.5. The normalized spacial score (nSPS) is 14.9. The molecule has 0 saturated carbocycles. The molecule has 1 amide bonds. The Labute approximate surface area is 166 Å². The summed E-state index contributed by atoms with van der Waals surface area (Å²) in [5.74, 6) is 0.319. The van der Waals surface area contributed by atoms with Crippen molar-refractivity contribution in [1.29, 1.82) is 0 Å². The number of nitrogens with zero attached hydrogens (tertiary/aromatic N) is 4. The molecule has 0 saturated heterocycles. The second-order valence-corrected chi connectivity index (χ2v) is 7.15. The fourth-order valence-electron chi connectivity index (χ4n) is 3.16. The van der Waals surface area contributed by atoms with E-state index in [1.807, 2.05) is 18.7 Å². The van der Waals surface area contributed by atoms with Gasteiger partial charge in [0.2, 0.25) is 0 Å². The van der Waals surface area contributed by atoms with E-state index in [0.717, 1.165) is 0 Å². The average molecular weight is 404 g/mol. The van der Waals surface area contributed by atoms with Crippen molar-refractivity contribution in [3.8, 4) is 5.75 Å². The van der Waals surface area contributed by atoms with Crippen LogP contribution in [0.25, 0.3) is 5.65 Å². The Hall–Kier alpha value is -2.87. The van der Waals surface area contributed by atoms with Crippen LogP contribution in [0, 0.1) is 5.82 Å². The molecular weight excluding hydrogens is 385 g/mol. The minimum absolute atomic E-state index is 0.0215. The molecule has 0 atom stereocenters. The van der Waals surface area contributed by atoms with E-state index in [-0.39, 0.29) is 30.1 Å². The summed E-state index contributed by atoms with van der Waals surface area (Å²) in [4.78, 5) is 19.1. The monoisotopic (exact) mass is 403 g/mol. The van der Waals surface area contributed by atoms with E-state index in [4.69, 9.17) is 16.3 Å². The van der Waals surface area contributed by atoms with Gasteiger partial charge in [0.15, 0.2) is 5.65 Å². The van der Waals surface area contributed by atoms with Crippen molar-refractivity contribution in [2.45, 2.75) is 26.4 Å². The van der Waals surface area contributed by atoms with Gasteiger partial charge in [0, 0.05) is 24.3 Å². The summed E-state index contributed by atoms with van der Waals surface area (Å²) in [7, 11) is 0. The van der Waals surface area contributed by atoms with Crippen LogP contribution >= 0.6 is 11.6 Å².